The Morgan fingerprint density at radius 3 is 2.58 bits per heavy atom. The Morgan fingerprint density at radius 2 is 2.03 bits per heavy atom. The number of nitrogens with zero attached hydrogens (tertiary/aromatic N) is 4. The van der Waals surface area contributed by atoms with Crippen LogP contribution in [0.2, 0.25) is 5.02 Å². The number of halogens is 1. The molecule has 0 spiro atoms. The van der Waals surface area contributed by atoms with Crippen LogP contribution in [0.1, 0.15) is 35.4 Å². The second-order valence-corrected chi connectivity index (χ2v) is 7.96. The van der Waals surface area contributed by atoms with Gasteiger partial charge in [-0.2, -0.15) is 10.4 Å². The van der Waals surface area contributed by atoms with Gasteiger partial charge in [-0.3, -0.25) is 19.4 Å². The Bertz CT molecular complexity index is 1110. The van der Waals surface area contributed by atoms with Gasteiger partial charge in [-0.25, -0.2) is 4.68 Å². The number of hydrogen-bond donors (Lipinski definition) is 1. The van der Waals surface area contributed by atoms with E-state index in [4.69, 9.17) is 16.9 Å². The maximum absolute atomic E-state index is 13.1. The Hall–Kier alpha value is -3.31. The maximum atomic E-state index is 13.1. The number of nitriles is 1. The van der Waals surface area contributed by atoms with Crippen LogP contribution in [-0.2, 0) is 14.4 Å². The summed E-state index contributed by atoms with van der Waals surface area (Å²) in [7, 11) is 1.36. The molecular weight excluding hydrogens is 418 g/mol. The third kappa shape index (κ3) is 4.57. The zero-order chi connectivity index (χ0) is 22.7. The van der Waals surface area contributed by atoms with Crippen molar-refractivity contribution in [2.24, 2.45) is 10.9 Å². The number of hydrogen-bond acceptors (Lipinski definition) is 6. The summed E-state index contributed by atoms with van der Waals surface area (Å²) in [6.45, 7) is 3.93. The molecule has 2 atom stereocenters. The Morgan fingerprint density at radius 1 is 1.35 bits per heavy atom. The molecule has 1 heterocycles. The van der Waals surface area contributed by atoms with Crippen molar-refractivity contribution in [3.8, 4) is 11.8 Å². The fraction of sp³-hybridized carbons (Fsp3) is 0.364. The lowest BCUT2D eigenvalue weighted by atomic mass is 9.87. The minimum absolute atomic E-state index is 0.116. The summed E-state index contributed by atoms with van der Waals surface area (Å²) in [5.41, 5.74) is 2.97. The van der Waals surface area contributed by atoms with E-state index >= 15 is 0 Å². The zero-order valence-electron chi connectivity index (χ0n) is 17.5. The van der Waals surface area contributed by atoms with Crippen LogP contribution < -0.4 is 5.32 Å². The molecule has 0 saturated heterocycles. The predicted molar refractivity (Wildman–Crippen MR) is 116 cm³/mol. The number of aryl methyl sites for hydroxylation is 2. The third-order valence-corrected chi connectivity index (χ3v) is 5.66. The van der Waals surface area contributed by atoms with Gasteiger partial charge in [0.15, 0.2) is 11.5 Å². The van der Waals surface area contributed by atoms with Gasteiger partial charge in [0.05, 0.1) is 16.9 Å². The number of amides is 1. The van der Waals surface area contributed by atoms with Gasteiger partial charge in [0.25, 0.3) is 5.91 Å². The number of benzene rings is 1. The van der Waals surface area contributed by atoms with Crippen molar-refractivity contribution in [3.05, 3.63) is 46.2 Å². The van der Waals surface area contributed by atoms with Crippen LogP contribution in [0, 0.1) is 31.1 Å². The summed E-state index contributed by atoms with van der Waals surface area (Å²) in [5, 5.41) is 16.1. The molecule has 0 bridgehead atoms. The molecule has 3 rings (SSSR count). The lowest BCUT2D eigenvalue weighted by molar-refractivity contribution is -0.125. The zero-order valence-corrected chi connectivity index (χ0v) is 18.2. The van der Waals surface area contributed by atoms with Gasteiger partial charge in [-0.05, 0) is 49.1 Å². The Balaban J connectivity index is 1.75. The molecule has 1 N–H and O–H groups in total. The number of nitrogens with one attached hydrogen (secondary N) is 1. The molecule has 0 aliphatic heterocycles. The van der Waals surface area contributed by atoms with E-state index in [1.165, 1.54) is 7.05 Å². The quantitative estimate of drug-likeness (QED) is 0.548. The van der Waals surface area contributed by atoms with Crippen LogP contribution in [0.5, 0.6) is 0 Å². The highest BCUT2D eigenvalue weighted by Crippen LogP contribution is 2.37. The monoisotopic (exact) mass is 439 g/mol. The van der Waals surface area contributed by atoms with Crippen molar-refractivity contribution in [1.29, 1.82) is 5.26 Å². The highest BCUT2D eigenvalue weighted by molar-refractivity contribution is 6.45. The smallest absolute Gasteiger partial charge is 0.280 e. The SMILES string of the molecule is C/N=C(/C#N)C(=O)NCCC1CC(=O)C(c2c(C)cc(-n3cc(Cl)cn3)cc2C)C1=O. The average molecular weight is 440 g/mol. The molecule has 1 saturated carbocycles. The molecule has 1 fully saturated rings. The highest BCUT2D eigenvalue weighted by Gasteiger charge is 2.42. The van der Waals surface area contributed by atoms with Gasteiger partial charge in [0.2, 0.25) is 0 Å². The van der Waals surface area contributed by atoms with Crippen LogP contribution in [0.15, 0.2) is 29.5 Å². The van der Waals surface area contributed by atoms with E-state index in [-0.39, 0.29) is 30.2 Å². The van der Waals surface area contributed by atoms with E-state index in [0.717, 1.165) is 22.4 Å². The molecule has 1 aromatic carbocycles. The first-order valence-electron chi connectivity index (χ1n) is 9.80. The number of carbonyl (C=O) groups is 3. The molecule has 8 nitrogen and oxygen atoms in total. The molecule has 160 valence electrons. The highest BCUT2D eigenvalue weighted by atomic mass is 35.5. The fourth-order valence-electron chi connectivity index (χ4n) is 4.03. The van der Waals surface area contributed by atoms with Gasteiger partial charge >= 0.3 is 0 Å². The number of aromatic nitrogens is 2. The summed E-state index contributed by atoms with van der Waals surface area (Å²) in [5.74, 6) is -2.10. The van der Waals surface area contributed by atoms with Crippen molar-refractivity contribution < 1.29 is 14.4 Å². The molecule has 1 aliphatic carbocycles. The molecule has 2 aromatic rings. The average Bonchev–Trinajstić information content (AvgIpc) is 3.27. The normalized spacial score (nSPS) is 18.9. The molecule has 1 aromatic heterocycles. The second-order valence-electron chi connectivity index (χ2n) is 7.53. The van der Waals surface area contributed by atoms with E-state index < -0.39 is 17.7 Å². The number of rotatable bonds is 6. The molecule has 2 unspecified atom stereocenters. The fourth-order valence-corrected chi connectivity index (χ4v) is 4.17. The van der Waals surface area contributed by atoms with Crippen molar-refractivity contribution in [3.63, 3.8) is 0 Å². The summed E-state index contributed by atoms with van der Waals surface area (Å²) in [6.07, 6.45) is 3.70. The second kappa shape index (κ2) is 9.23. The minimum atomic E-state index is -0.803. The van der Waals surface area contributed by atoms with E-state index in [9.17, 15) is 14.4 Å². The molecule has 1 amide bonds. The van der Waals surface area contributed by atoms with Gasteiger partial charge in [-0.15, -0.1) is 0 Å². The van der Waals surface area contributed by atoms with E-state index in [0.29, 0.717) is 11.4 Å². The summed E-state index contributed by atoms with van der Waals surface area (Å²) in [4.78, 5) is 41.2. The van der Waals surface area contributed by atoms with Crippen LogP contribution in [0.3, 0.4) is 0 Å². The largest absolute Gasteiger partial charge is 0.350 e. The summed E-state index contributed by atoms with van der Waals surface area (Å²) in [6, 6.07) is 5.47. The lowest BCUT2D eigenvalue weighted by Crippen LogP contribution is -2.32. The topological polar surface area (TPSA) is 117 Å². The van der Waals surface area contributed by atoms with E-state index in [1.54, 1.807) is 23.1 Å². The first-order valence-corrected chi connectivity index (χ1v) is 10.2. The van der Waals surface area contributed by atoms with E-state index in [2.05, 4.69) is 15.4 Å². The number of ketones is 2. The van der Waals surface area contributed by atoms with E-state index in [1.807, 2.05) is 26.0 Å². The van der Waals surface area contributed by atoms with Gasteiger partial charge in [-0.1, -0.05) is 11.6 Å². The minimum Gasteiger partial charge on any atom is -0.350 e. The van der Waals surface area contributed by atoms with Crippen LogP contribution in [0.4, 0.5) is 0 Å². The van der Waals surface area contributed by atoms with Crippen LogP contribution >= 0.6 is 11.6 Å². The number of Topliss-reactive ketones (excluding diaryl/α,β-unsaturated/α-hetero) is 2. The Kier molecular flexibility index (Phi) is 6.66. The molecule has 1 aliphatic rings. The first-order chi connectivity index (χ1) is 14.8. The lowest BCUT2D eigenvalue weighted by Gasteiger charge is -2.17. The van der Waals surface area contributed by atoms with Crippen molar-refractivity contribution in [1.82, 2.24) is 15.1 Å². The van der Waals surface area contributed by atoms with Gasteiger partial charge in [0, 0.05) is 32.1 Å². The summed E-state index contributed by atoms with van der Waals surface area (Å²) < 4.78 is 1.64. The molecular formula is C22H22ClN5O3. The number of aliphatic imine (C=N–C) groups is 1. The first kappa shape index (κ1) is 22.4. The van der Waals surface area contributed by atoms with Gasteiger partial charge < -0.3 is 5.32 Å². The van der Waals surface area contributed by atoms with Crippen molar-refractivity contribution >= 4 is 34.8 Å². The molecule has 9 heteroatoms. The predicted octanol–water partition coefficient (Wildman–Crippen LogP) is 2.48. The van der Waals surface area contributed by atoms with Gasteiger partial charge in [0.1, 0.15) is 17.8 Å². The van der Waals surface area contributed by atoms with Crippen molar-refractivity contribution in [2.45, 2.75) is 32.6 Å². The third-order valence-electron chi connectivity index (χ3n) is 5.46. The van der Waals surface area contributed by atoms with Crippen LogP contribution in [-0.4, -0.2) is 46.6 Å². The standard InChI is InChI=1S/C22H22ClN5O3/c1-12-6-16(28-11-15(23)10-27-28)7-13(2)19(12)20-18(29)8-14(21(20)30)4-5-26-22(31)17(9-24)25-3/h6-7,10-11,14,20H,4-5,8H2,1-3H3,(H,26,31)/b25-17-. The molecule has 31 heavy (non-hydrogen) atoms. The Labute approximate surface area is 184 Å². The van der Waals surface area contributed by atoms with Crippen molar-refractivity contribution in [2.75, 3.05) is 13.6 Å². The summed E-state index contributed by atoms with van der Waals surface area (Å²) >= 11 is 5.95. The molecule has 0 radical (unpaired) electrons. The maximum Gasteiger partial charge on any atom is 0.280 e. The van der Waals surface area contributed by atoms with Crippen LogP contribution in [0.25, 0.3) is 5.69 Å². The number of carbonyl (C=O) groups excluding carboxylic acids is 3.